The fourth-order valence-electron chi connectivity index (χ4n) is 7.39. The van der Waals surface area contributed by atoms with Crippen LogP contribution in [0.2, 0.25) is 0 Å². The molecule has 0 aliphatic carbocycles. The minimum atomic E-state index is 0.594. The second-order valence-corrected chi connectivity index (χ2v) is 13.6. The highest BCUT2D eigenvalue weighted by molar-refractivity contribution is 5.99. The Balaban J connectivity index is 1.18. The Morgan fingerprint density at radius 3 is 1.62 bits per heavy atom. The van der Waals surface area contributed by atoms with E-state index < -0.39 is 0 Å². The molecule has 9 aromatic rings. The lowest BCUT2D eigenvalue weighted by Crippen LogP contribution is -2.01. The van der Waals surface area contributed by atoms with Crippen LogP contribution in [-0.2, 0) is 0 Å². The number of ether oxygens (including phenoxy) is 1. The second-order valence-electron chi connectivity index (χ2n) is 13.6. The van der Waals surface area contributed by atoms with Crippen molar-refractivity contribution in [3.05, 3.63) is 199 Å². The molecule has 4 nitrogen and oxygen atoms in total. The summed E-state index contributed by atoms with van der Waals surface area (Å²) in [5.74, 6) is 3.43. The van der Waals surface area contributed by atoms with Crippen LogP contribution in [0.1, 0.15) is 11.1 Å². The molecule has 4 heteroatoms. The Hall–Kier alpha value is -7.43. The van der Waals surface area contributed by atoms with Crippen LogP contribution >= 0.6 is 0 Å². The number of aromatic nitrogens is 3. The first kappa shape index (κ1) is 32.2. The van der Waals surface area contributed by atoms with Gasteiger partial charge in [0.15, 0.2) is 17.5 Å². The molecule has 0 radical (unpaired) electrons. The van der Waals surface area contributed by atoms with Gasteiger partial charge in [0.25, 0.3) is 0 Å². The molecule has 0 amide bonds. The van der Waals surface area contributed by atoms with Gasteiger partial charge in [-0.2, -0.15) is 0 Å². The summed E-state index contributed by atoms with van der Waals surface area (Å²) < 4.78 is 7.07. The maximum Gasteiger partial charge on any atom is 0.164 e. The predicted octanol–water partition coefficient (Wildman–Crippen LogP) is 13.3. The van der Waals surface area contributed by atoms with Gasteiger partial charge in [0.05, 0.1) is 0 Å². The van der Waals surface area contributed by atoms with Crippen molar-refractivity contribution in [1.82, 2.24) is 15.0 Å². The second kappa shape index (κ2) is 13.8. The predicted molar refractivity (Wildman–Crippen MR) is 225 cm³/mol. The zero-order valence-corrected chi connectivity index (χ0v) is 29.8. The normalized spacial score (nSPS) is 11.7. The van der Waals surface area contributed by atoms with Crippen LogP contribution in [-0.4, -0.2) is 15.0 Å². The van der Waals surface area contributed by atoms with Crippen molar-refractivity contribution in [1.29, 1.82) is 0 Å². The third-order valence-electron chi connectivity index (χ3n) is 10.2. The number of rotatable bonds is 4. The lowest BCUT2D eigenvalue weighted by atomic mass is 9.93. The smallest absolute Gasteiger partial charge is 0.164 e. The Morgan fingerprint density at radius 2 is 0.855 bits per heavy atom. The molecule has 1 aromatic heterocycles. The first-order valence-electron chi connectivity index (χ1n) is 18.4. The maximum atomic E-state index is 7.07. The number of nitrogens with zero attached hydrogens (tertiary/aromatic N) is 3. The molecular weight excluding hydrogens is 671 g/mol. The van der Waals surface area contributed by atoms with E-state index in [1.54, 1.807) is 0 Å². The van der Waals surface area contributed by atoms with Crippen molar-refractivity contribution in [2.75, 3.05) is 0 Å². The molecule has 258 valence electrons. The zero-order chi connectivity index (χ0) is 36.6. The molecule has 0 N–H and O–H groups in total. The number of fused-ring (bicyclic) bond motifs is 8. The summed E-state index contributed by atoms with van der Waals surface area (Å²) in [5, 5.41) is 2.14. The number of hydrogen-bond donors (Lipinski definition) is 0. The third-order valence-corrected chi connectivity index (χ3v) is 10.2. The highest BCUT2D eigenvalue weighted by atomic mass is 16.5. The van der Waals surface area contributed by atoms with Crippen molar-refractivity contribution < 1.29 is 4.74 Å². The highest BCUT2D eigenvalue weighted by Crippen LogP contribution is 2.45. The molecule has 0 fully saturated rings. The molecule has 55 heavy (non-hydrogen) atoms. The maximum absolute atomic E-state index is 7.07. The fraction of sp³-hybridized carbons (Fsp3) is 0. The van der Waals surface area contributed by atoms with Crippen LogP contribution in [0.4, 0.5) is 0 Å². The Labute approximate surface area is 319 Å². The van der Waals surface area contributed by atoms with Crippen LogP contribution in [0.25, 0.3) is 90.5 Å². The van der Waals surface area contributed by atoms with E-state index in [1.807, 2.05) is 42.5 Å². The van der Waals surface area contributed by atoms with E-state index in [-0.39, 0.29) is 0 Å². The molecule has 10 rings (SSSR count). The quantitative estimate of drug-likeness (QED) is 0.183. The number of benzene rings is 8. The van der Waals surface area contributed by atoms with E-state index >= 15 is 0 Å². The molecule has 1 aliphatic heterocycles. The summed E-state index contributed by atoms with van der Waals surface area (Å²) in [6, 6.07) is 64.9. The first-order valence-corrected chi connectivity index (χ1v) is 18.4. The summed E-state index contributed by atoms with van der Waals surface area (Å²) in [5.41, 5.74) is 11.3. The Bertz CT molecular complexity index is 2880. The molecule has 0 bridgehead atoms. The van der Waals surface area contributed by atoms with Crippen LogP contribution < -0.4 is 4.74 Å². The Morgan fingerprint density at radius 1 is 0.327 bits per heavy atom. The summed E-state index contributed by atoms with van der Waals surface area (Å²) in [7, 11) is 0. The molecule has 1 aliphatic rings. The number of para-hydroxylation sites is 1. The summed E-state index contributed by atoms with van der Waals surface area (Å²) >= 11 is 0. The SMILES string of the molecule is C1=Cc2ccc(-c3nc(-c4ccccc4)nc(-c4ccc(-c5ccccc5)cc4)n3)cc2-c2ccc3ccccc3c2Oc2ccccc2-c2ccccc21. The van der Waals surface area contributed by atoms with Crippen molar-refractivity contribution in [2.45, 2.75) is 0 Å². The standard InChI is InChI=1S/C51H33N3O/c1-3-13-34(14-4-1)35-23-28-40(29-24-35)50-52-49(39-17-5-2-6-18-39)53-51(54-50)41-30-27-38-26-25-36-15-7-9-19-42(36)44-21-11-12-22-47(44)55-48-43-20-10-8-16-37(43)31-32-45(48)46(38)33-41/h1-33H. The Kier molecular flexibility index (Phi) is 8.12. The van der Waals surface area contributed by atoms with Gasteiger partial charge in [-0.25, -0.2) is 15.0 Å². The van der Waals surface area contributed by atoms with E-state index in [1.165, 1.54) is 0 Å². The molecule has 2 heterocycles. The number of hydrogen-bond acceptors (Lipinski definition) is 4. The minimum Gasteiger partial charge on any atom is -0.455 e. The topological polar surface area (TPSA) is 47.9 Å². The van der Waals surface area contributed by atoms with E-state index in [0.29, 0.717) is 17.5 Å². The largest absolute Gasteiger partial charge is 0.455 e. The summed E-state index contributed by atoms with van der Waals surface area (Å²) in [4.78, 5) is 15.2. The van der Waals surface area contributed by atoms with Crippen LogP contribution in [0.3, 0.4) is 0 Å². The van der Waals surface area contributed by atoms with Crippen molar-refractivity contribution >= 4 is 22.9 Å². The average molecular weight is 704 g/mol. The van der Waals surface area contributed by atoms with Gasteiger partial charge in [0, 0.05) is 33.2 Å². The van der Waals surface area contributed by atoms with E-state index in [4.69, 9.17) is 19.7 Å². The molecule has 0 saturated heterocycles. The minimum absolute atomic E-state index is 0.594. The molecule has 0 unspecified atom stereocenters. The van der Waals surface area contributed by atoms with Crippen LogP contribution in [0, 0.1) is 0 Å². The van der Waals surface area contributed by atoms with E-state index in [0.717, 1.165) is 83.5 Å². The fourth-order valence-corrected chi connectivity index (χ4v) is 7.39. The van der Waals surface area contributed by atoms with Gasteiger partial charge in [-0.3, -0.25) is 0 Å². The van der Waals surface area contributed by atoms with Crippen molar-refractivity contribution in [3.63, 3.8) is 0 Å². The lowest BCUT2D eigenvalue weighted by molar-refractivity contribution is 0.492. The molecule has 0 atom stereocenters. The van der Waals surface area contributed by atoms with Crippen molar-refractivity contribution in [2.24, 2.45) is 0 Å². The van der Waals surface area contributed by atoms with Crippen LogP contribution in [0.15, 0.2) is 188 Å². The van der Waals surface area contributed by atoms with Gasteiger partial charge < -0.3 is 4.74 Å². The molecule has 0 spiro atoms. The molecular formula is C51H33N3O. The van der Waals surface area contributed by atoms with Gasteiger partial charge in [0.1, 0.15) is 11.5 Å². The third kappa shape index (κ3) is 6.16. The van der Waals surface area contributed by atoms with Gasteiger partial charge in [-0.1, -0.05) is 182 Å². The van der Waals surface area contributed by atoms with E-state index in [9.17, 15) is 0 Å². The van der Waals surface area contributed by atoms with Gasteiger partial charge in [-0.15, -0.1) is 0 Å². The van der Waals surface area contributed by atoms with Gasteiger partial charge in [-0.05, 0) is 57.0 Å². The van der Waals surface area contributed by atoms with Gasteiger partial charge >= 0.3 is 0 Å². The van der Waals surface area contributed by atoms with Crippen molar-refractivity contribution in [3.8, 4) is 79.0 Å². The van der Waals surface area contributed by atoms with Gasteiger partial charge in [0.2, 0.25) is 0 Å². The highest BCUT2D eigenvalue weighted by Gasteiger charge is 2.20. The monoisotopic (exact) mass is 703 g/mol. The zero-order valence-electron chi connectivity index (χ0n) is 29.8. The summed E-state index contributed by atoms with van der Waals surface area (Å²) in [6.07, 6.45) is 4.40. The van der Waals surface area contributed by atoms with Crippen LogP contribution in [0.5, 0.6) is 11.5 Å². The average Bonchev–Trinajstić information content (AvgIpc) is 3.28. The lowest BCUT2D eigenvalue weighted by Gasteiger charge is -2.18. The van der Waals surface area contributed by atoms with E-state index in [2.05, 4.69) is 158 Å². The summed E-state index contributed by atoms with van der Waals surface area (Å²) in [6.45, 7) is 0. The molecule has 8 aromatic carbocycles. The molecule has 0 saturated carbocycles. The first-order chi connectivity index (χ1) is 27.2.